The lowest BCUT2D eigenvalue weighted by molar-refractivity contribution is 0.0334. The smallest absolute Gasteiger partial charge is 0.150 e. The molecule has 5 heteroatoms. The lowest BCUT2D eigenvalue weighted by Gasteiger charge is -2.49. The van der Waals surface area contributed by atoms with Crippen molar-refractivity contribution in [2.24, 2.45) is 5.92 Å². The van der Waals surface area contributed by atoms with Gasteiger partial charge in [0.15, 0.2) is 0 Å². The van der Waals surface area contributed by atoms with Gasteiger partial charge >= 0.3 is 0 Å². The molecule has 2 rings (SSSR count). The van der Waals surface area contributed by atoms with Crippen molar-refractivity contribution in [1.29, 1.82) is 0 Å². The minimum atomic E-state index is -2.83. The van der Waals surface area contributed by atoms with Crippen LogP contribution in [0.15, 0.2) is 0 Å². The van der Waals surface area contributed by atoms with Crippen molar-refractivity contribution in [3.8, 4) is 0 Å². The highest BCUT2D eigenvalue weighted by atomic mass is 32.2. The molecular formula is C16H32N2O2S. The Hall–Kier alpha value is -0.130. The van der Waals surface area contributed by atoms with Crippen LogP contribution in [0.4, 0.5) is 0 Å². The fraction of sp³-hybridized carbons (Fsp3) is 1.00. The molecule has 1 heterocycles. The minimum absolute atomic E-state index is 0.272. The SMILES string of the molecule is CCS(=O)(=O)CCCN1CC(C(C)C)NCC12CCCC2. The first-order valence-electron chi connectivity index (χ1n) is 8.57. The molecule has 1 saturated carbocycles. The average Bonchev–Trinajstić information content (AvgIpc) is 2.90. The maximum Gasteiger partial charge on any atom is 0.150 e. The molecule has 124 valence electrons. The number of hydrogen-bond acceptors (Lipinski definition) is 4. The van der Waals surface area contributed by atoms with Gasteiger partial charge < -0.3 is 5.32 Å². The van der Waals surface area contributed by atoms with Crippen molar-refractivity contribution in [3.63, 3.8) is 0 Å². The van der Waals surface area contributed by atoms with Crippen molar-refractivity contribution in [2.75, 3.05) is 31.1 Å². The zero-order chi connectivity index (χ0) is 15.5. The summed E-state index contributed by atoms with van der Waals surface area (Å²) in [6.45, 7) is 9.37. The molecule has 2 aliphatic rings. The quantitative estimate of drug-likeness (QED) is 0.815. The number of sulfone groups is 1. The summed E-state index contributed by atoms with van der Waals surface area (Å²) in [5, 5.41) is 3.74. The van der Waals surface area contributed by atoms with Crippen LogP contribution in [0.2, 0.25) is 0 Å². The third-order valence-corrected chi connectivity index (χ3v) is 7.23. The average molecular weight is 317 g/mol. The lowest BCUT2D eigenvalue weighted by atomic mass is 9.88. The number of nitrogens with one attached hydrogen (secondary N) is 1. The van der Waals surface area contributed by atoms with Gasteiger partial charge in [0.05, 0.1) is 5.75 Å². The Morgan fingerprint density at radius 3 is 2.52 bits per heavy atom. The highest BCUT2D eigenvalue weighted by molar-refractivity contribution is 7.91. The predicted molar refractivity (Wildman–Crippen MR) is 88.3 cm³/mol. The summed E-state index contributed by atoms with van der Waals surface area (Å²) in [6, 6.07) is 0.541. The first kappa shape index (κ1) is 17.2. The molecule has 21 heavy (non-hydrogen) atoms. The van der Waals surface area contributed by atoms with Crippen molar-refractivity contribution < 1.29 is 8.42 Å². The Morgan fingerprint density at radius 1 is 1.29 bits per heavy atom. The molecule has 1 unspecified atom stereocenters. The summed E-state index contributed by atoms with van der Waals surface area (Å²) in [5.74, 6) is 1.25. The van der Waals surface area contributed by atoms with E-state index >= 15 is 0 Å². The fourth-order valence-corrected chi connectivity index (χ4v) is 4.71. The minimum Gasteiger partial charge on any atom is -0.311 e. The molecule has 2 fully saturated rings. The molecule has 4 nitrogen and oxygen atoms in total. The fourth-order valence-electron chi connectivity index (χ4n) is 3.85. The molecule has 1 aliphatic carbocycles. The van der Waals surface area contributed by atoms with Crippen LogP contribution in [0.3, 0.4) is 0 Å². The first-order valence-corrected chi connectivity index (χ1v) is 10.4. The summed E-state index contributed by atoms with van der Waals surface area (Å²) >= 11 is 0. The zero-order valence-corrected chi connectivity index (χ0v) is 14.7. The molecule has 0 aromatic rings. The third kappa shape index (κ3) is 4.20. The maximum atomic E-state index is 11.7. The van der Waals surface area contributed by atoms with E-state index in [0.717, 1.165) is 26.1 Å². The second kappa shape index (κ2) is 6.97. The van der Waals surface area contributed by atoms with Gasteiger partial charge in [-0.2, -0.15) is 0 Å². The van der Waals surface area contributed by atoms with E-state index in [1.807, 2.05) is 0 Å². The number of piperazine rings is 1. The lowest BCUT2D eigenvalue weighted by Crippen LogP contribution is -2.64. The van der Waals surface area contributed by atoms with Crippen LogP contribution < -0.4 is 5.32 Å². The van der Waals surface area contributed by atoms with E-state index < -0.39 is 9.84 Å². The molecular weight excluding hydrogens is 284 g/mol. The number of hydrogen-bond donors (Lipinski definition) is 1. The molecule has 0 aromatic carbocycles. The van der Waals surface area contributed by atoms with Gasteiger partial charge in [-0.05, 0) is 31.7 Å². The van der Waals surface area contributed by atoms with E-state index in [-0.39, 0.29) is 5.75 Å². The van der Waals surface area contributed by atoms with E-state index in [9.17, 15) is 8.42 Å². The predicted octanol–water partition coefficient (Wildman–Crippen LogP) is 2.05. The molecule has 0 radical (unpaired) electrons. The summed E-state index contributed by atoms with van der Waals surface area (Å²) in [6.07, 6.45) is 5.95. The van der Waals surface area contributed by atoms with E-state index in [1.54, 1.807) is 6.92 Å². The Bertz CT molecular complexity index is 428. The van der Waals surface area contributed by atoms with Crippen molar-refractivity contribution in [2.45, 2.75) is 64.5 Å². The van der Waals surface area contributed by atoms with Crippen molar-refractivity contribution in [3.05, 3.63) is 0 Å². The number of rotatable bonds is 6. The van der Waals surface area contributed by atoms with Gasteiger partial charge in [0, 0.05) is 30.4 Å². The highest BCUT2D eigenvalue weighted by Gasteiger charge is 2.43. The van der Waals surface area contributed by atoms with Gasteiger partial charge in [0.25, 0.3) is 0 Å². The maximum absolute atomic E-state index is 11.7. The van der Waals surface area contributed by atoms with E-state index in [0.29, 0.717) is 23.3 Å². The van der Waals surface area contributed by atoms with Crippen LogP contribution in [0.5, 0.6) is 0 Å². The standard InChI is InChI=1S/C16H32N2O2S/c1-4-21(19,20)11-7-10-18-12-15(14(2)3)17-13-16(18)8-5-6-9-16/h14-15,17H,4-13H2,1-3H3. The Labute approximate surface area is 130 Å². The highest BCUT2D eigenvalue weighted by Crippen LogP contribution is 2.37. The van der Waals surface area contributed by atoms with Gasteiger partial charge in [-0.3, -0.25) is 4.90 Å². The zero-order valence-electron chi connectivity index (χ0n) is 13.9. The third-order valence-electron chi connectivity index (χ3n) is 5.44. The summed E-state index contributed by atoms with van der Waals surface area (Å²) < 4.78 is 23.4. The van der Waals surface area contributed by atoms with Crippen LogP contribution in [0.25, 0.3) is 0 Å². The molecule has 0 bridgehead atoms. The van der Waals surface area contributed by atoms with Gasteiger partial charge in [-0.15, -0.1) is 0 Å². The molecule has 1 spiro atoms. The van der Waals surface area contributed by atoms with Crippen LogP contribution >= 0.6 is 0 Å². The molecule has 0 amide bonds. The van der Waals surface area contributed by atoms with Gasteiger partial charge in [0.1, 0.15) is 9.84 Å². The van der Waals surface area contributed by atoms with Gasteiger partial charge in [-0.25, -0.2) is 8.42 Å². The van der Waals surface area contributed by atoms with Gasteiger partial charge in [0.2, 0.25) is 0 Å². The van der Waals surface area contributed by atoms with Crippen LogP contribution in [-0.2, 0) is 9.84 Å². The molecule has 1 aliphatic heterocycles. The van der Waals surface area contributed by atoms with Crippen molar-refractivity contribution >= 4 is 9.84 Å². The summed E-state index contributed by atoms with van der Waals surface area (Å²) in [7, 11) is -2.83. The van der Waals surface area contributed by atoms with E-state index in [1.165, 1.54) is 25.7 Å². The Morgan fingerprint density at radius 2 is 1.95 bits per heavy atom. The van der Waals surface area contributed by atoms with E-state index in [4.69, 9.17) is 0 Å². The molecule has 1 N–H and O–H groups in total. The first-order chi connectivity index (χ1) is 9.88. The Kier molecular flexibility index (Phi) is 5.71. The van der Waals surface area contributed by atoms with Crippen molar-refractivity contribution in [1.82, 2.24) is 10.2 Å². The van der Waals surface area contributed by atoms with E-state index in [2.05, 4.69) is 24.1 Å². The second-order valence-electron chi connectivity index (χ2n) is 7.20. The van der Waals surface area contributed by atoms with Crippen LogP contribution in [0.1, 0.15) is 52.9 Å². The normalized spacial score (nSPS) is 26.8. The Balaban J connectivity index is 1.97. The van der Waals surface area contributed by atoms with Crippen LogP contribution in [0, 0.1) is 5.92 Å². The van der Waals surface area contributed by atoms with Crippen LogP contribution in [-0.4, -0.2) is 56.0 Å². The molecule has 0 aromatic heterocycles. The summed E-state index contributed by atoms with van der Waals surface area (Å²) in [5.41, 5.74) is 0.307. The molecule has 1 atom stereocenters. The largest absolute Gasteiger partial charge is 0.311 e. The topological polar surface area (TPSA) is 49.4 Å². The molecule has 1 saturated heterocycles. The second-order valence-corrected chi connectivity index (χ2v) is 9.67. The summed E-state index contributed by atoms with van der Waals surface area (Å²) in [4.78, 5) is 2.62. The van der Waals surface area contributed by atoms with Gasteiger partial charge in [-0.1, -0.05) is 33.6 Å². The number of nitrogens with zero attached hydrogens (tertiary/aromatic N) is 1. The monoisotopic (exact) mass is 316 g/mol.